The summed E-state index contributed by atoms with van der Waals surface area (Å²) in [5, 5.41) is 0.736. The van der Waals surface area contributed by atoms with Crippen molar-refractivity contribution in [2.24, 2.45) is 5.73 Å². The van der Waals surface area contributed by atoms with Crippen molar-refractivity contribution in [2.45, 2.75) is 50.5 Å². The van der Waals surface area contributed by atoms with Crippen molar-refractivity contribution >= 4 is 11.6 Å². The normalized spacial score (nSPS) is 24.5. The molecular formula is C12H18ClN3. The molecule has 1 unspecified atom stereocenters. The van der Waals surface area contributed by atoms with Crippen molar-refractivity contribution in [2.75, 3.05) is 6.54 Å². The quantitative estimate of drug-likeness (QED) is 0.881. The fourth-order valence-electron chi connectivity index (χ4n) is 2.84. The Morgan fingerprint density at radius 3 is 2.88 bits per heavy atom. The minimum Gasteiger partial charge on any atom is -0.330 e. The number of hydrogen-bond acceptors (Lipinski definition) is 2. The van der Waals surface area contributed by atoms with E-state index in [1.807, 2.05) is 0 Å². The van der Waals surface area contributed by atoms with Gasteiger partial charge in [0.05, 0.1) is 5.69 Å². The van der Waals surface area contributed by atoms with Gasteiger partial charge >= 0.3 is 0 Å². The monoisotopic (exact) mass is 239 g/mol. The van der Waals surface area contributed by atoms with E-state index in [0.717, 1.165) is 24.7 Å². The Labute approximate surface area is 101 Å². The molecule has 0 aromatic carbocycles. The van der Waals surface area contributed by atoms with Gasteiger partial charge in [0.2, 0.25) is 0 Å². The van der Waals surface area contributed by atoms with Crippen LogP contribution in [0.5, 0.6) is 0 Å². The smallest absolute Gasteiger partial charge is 0.150 e. The van der Waals surface area contributed by atoms with E-state index in [9.17, 15) is 0 Å². The van der Waals surface area contributed by atoms with Crippen LogP contribution >= 0.6 is 11.6 Å². The van der Waals surface area contributed by atoms with Gasteiger partial charge in [-0.1, -0.05) is 11.6 Å². The summed E-state index contributed by atoms with van der Waals surface area (Å²) < 4.78 is 2.38. The lowest BCUT2D eigenvalue weighted by molar-refractivity contribution is 0.430. The van der Waals surface area contributed by atoms with Crippen molar-refractivity contribution in [3.8, 4) is 0 Å². The number of aromatic nitrogens is 2. The molecule has 16 heavy (non-hydrogen) atoms. The molecule has 1 atom stereocenters. The van der Waals surface area contributed by atoms with Crippen LogP contribution < -0.4 is 5.73 Å². The van der Waals surface area contributed by atoms with E-state index in [1.165, 1.54) is 37.2 Å². The molecule has 0 amide bonds. The van der Waals surface area contributed by atoms with E-state index in [2.05, 4.69) is 9.55 Å². The van der Waals surface area contributed by atoms with Crippen molar-refractivity contribution < 1.29 is 0 Å². The lowest BCUT2D eigenvalue weighted by atomic mass is 9.93. The maximum Gasteiger partial charge on any atom is 0.150 e. The Hall–Kier alpha value is -0.540. The number of hydrogen-bond donors (Lipinski definition) is 1. The summed E-state index contributed by atoms with van der Waals surface area (Å²) in [5.41, 5.74) is 6.94. The first kappa shape index (κ1) is 10.6. The van der Waals surface area contributed by atoms with Gasteiger partial charge in [-0.25, -0.2) is 4.98 Å². The van der Waals surface area contributed by atoms with E-state index in [4.69, 9.17) is 17.3 Å². The molecule has 1 aliphatic heterocycles. The van der Waals surface area contributed by atoms with Gasteiger partial charge in [-0.2, -0.15) is 0 Å². The molecule has 0 bridgehead atoms. The molecule has 0 radical (unpaired) electrons. The predicted molar refractivity (Wildman–Crippen MR) is 64.9 cm³/mol. The predicted octanol–water partition coefficient (Wildman–Crippen LogP) is 2.64. The zero-order valence-corrected chi connectivity index (χ0v) is 10.2. The number of fused-ring (bicyclic) bond motifs is 1. The zero-order chi connectivity index (χ0) is 11.1. The maximum atomic E-state index is 6.29. The highest BCUT2D eigenvalue weighted by molar-refractivity contribution is 6.30. The van der Waals surface area contributed by atoms with Gasteiger partial charge in [0.25, 0.3) is 0 Å². The lowest BCUT2D eigenvalue weighted by Crippen LogP contribution is -2.19. The first-order valence-electron chi connectivity index (χ1n) is 6.27. The van der Waals surface area contributed by atoms with Crippen LogP contribution in [0.3, 0.4) is 0 Å². The summed E-state index contributed by atoms with van der Waals surface area (Å²) in [7, 11) is 0. The van der Waals surface area contributed by atoms with E-state index in [-0.39, 0.29) is 0 Å². The van der Waals surface area contributed by atoms with Gasteiger partial charge in [0, 0.05) is 18.4 Å². The van der Waals surface area contributed by atoms with Crippen LogP contribution in [0.25, 0.3) is 0 Å². The van der Waals surface area contributed by atoms with Crippen LogP contribution in [0.15, 0.2) is 0 Å². The molecule has 0 saturated heterocycles. The first-order chi connectivity index (χ1) is 7.81. The van der Waals surface area contributed by atoms with Crippen LogP contribution in [0.1, 0.15) is 55.5 Å². The third-order valence-electron chi connectivity index (χ3n) is 3.77. The van der Waals surface area contributed by atoms with Crippen LogP contribution in [0.2, 0.25) is 5.15 Å². The zero-order valence-electron chi connectivity index (χ0n) is 9.45. The molecule has 2 aliphatic rings. The molecule has 3 nitrogen and oxygen atoms in total. The number of nitrogens with zero attached hydrogens (tertiary/aromatic N) is 2. The van der Waals surface area contributed by atoms with Crippen molar-refractivity contribution in [3.63, 3.8) is 0 Å². The Morgan fingerprint density at radius 1 is 1.38 bits per heavy atom. The van der Waals surface area contributed by atoms with Crippen LogP contribution in [0.4, 0.5) is 0 Å². The molecule has 4 heteroatoms. The Balaban J connectivity index is 1.99. The third kappa shape index (κ3) is 1.66. The Kier molecular flexibility index (Phi) is 2.68. The Bertz CT molecular complexity index is 395. The van der Waals surface area contributed by atoms with Crippen LogP contribution in [-0.4, -0.2) is 16.1 Å². The van der Waals surface area contributed by atoms with Crippen molar-refractivity contribution in [1.82, 2.24) is 9.55 Å². The molecule has 1 fully saturated rings. The standard InChI is InChI=1S/C12H18ClN3/c13-11-10-8(5-6-14)2-1-7-16(10)12(15-11)9-3-4-9/h8-9H,1-7,14H2. The van der Waals surface area contributed by atoms with E-state index in [1.54, 1.807) is 0 Å². The van der Waals surface area contributed by atoms with E-state index >= 15 is 0 Å². The molecule has 0 spiro atoms. The molecule has 2 heterocycles. The van der Waals surface area contributed by atoms with Gasteiger partial charge < -0.3 is 10.3 Å². The summed E-state index contributed by atoms with van der Waals surface area (Å²) >= 11 is 6.29. The second kappa shape index (κ2) is 4.04. The lowest BCUT2D eigenvalue weighted by Gasteiger charge is -2.25. The molecule has 88 valence electrons. The summed E-state index contributed by atoms with van der Waals surface area (Å²) in [5.74, 6) is 2.45. The van der Waals surface area contributed by atoms with Crippen LogP contribution in [-0.2, 0) is 6.54 Å². The van der Waals surface area contributed by atoms with Gasteiger partial charge in [0.1, 0.15) is 5.82 Å². The van der Waals surface area contributed by atoms with Gasteiger partial charge in [0.15, 0.2) is 5.15 Å². The van der Waals surface area contributed by atoms with E-state index < -0.39 is 0 Å². The summed E-state index contributed by atoms with van der Waals surface area (Å²) in [6, 6.07) is 0. The largest absolute Gasteiger partial charge is 0.330 e. The Morgan fingerprint density at radius 2 is 2.19 bits per heavy atom. The van der Waals surface area contributed by atoms with Gasteiger partial charge in [-0.15, -0.1) is 0 Å². The molecular weight excluding hydrogens is 222 g/mol. The molecule has 2 N–H and O–H groups in total. The SMILES string of the molecule is NCCC1CCCn2c(C3CC3)nc(Cl)c21. The van der Waals surface area contributed by atoms with Crippen molar-refractivity contribution in [1.29, 1.82) is 0 Å². The van der Waals surface area contributed by atoms with Gasteiger partial charge in [-0.05, 0) is 38.6 Å². The highest BCUT2D eigenvalue weighted by atomic mass is 35.5. The minimum atomic E-state index is 0.534. The fourth-order valence-corrected chi connectivity index (χ4v) is 3.19. The third-order valence-corrected chi connectivity index (χ3v) is 4.05. The van der Waals surface area contributed by atoms with E-state index in [0.29, 0.717) is 11.8 Å². The number of rotatable bonds is 3. The topological polar surface area (TPSA) is 43.8 Å². The van der Waals surface area contributed by atoms with Crippen molar-refractivity contribution in [3.05, 3.63) is 16.7 Å². The molecule has 1 saturated carbocycles. The number of nitrogens with two attached hydrogens (primary N) is 1. The summed E-state index contributed by atoms with van der Waals surface area (Å²) in [6.07, 6.45) is 6.06. The van der Waals surface area contributed by atoms with Gasteiger partial charge in [-0.3, -0.25) is 0 Å². The average molecular weight is 240 g/mol. The second-order valence-corrected chi connectivity index (χ2v) is 5.35. The fraction of sp³-hybridized carbons (Fsp3) is 0.750. The average Bonchev–Trinajstić information content (AvgIpc) is 3.05. The first-order valence-corrected chi connectivity index (χ1v) is 6.65. The molecule has 1 aromatic rings. The number of imidazole rings is 1. The number of halogens is 1. The summed E-state index contributed by atoms with van der Waals surface area (Å²) in [6.45, 7) is 1.84. The molecule has 3 rings (SSSR count). The molecule has 1 aromatic heterocycles. The highest BCUT2D eigenvalue weighted by Crippen LogP contribution is 2.44. The van der Waals surface area contributed by atoms with Crippen LogP contribution in [0, 0.1) is 0 Å². The second-order valence-electron chi connectivity index (χ2n) is 4.99. The molecule has 1 aliphatic carbocycles. The maximum absolute atomic E-state index is 6.29. The minimum absolute atomic E-state index is 0.534. The highest BCUT2D eigenvalue weighted by Gasteiger charge is 2.34. The summed E-state index contributed by atoms with van der Waals surface area (Å²) in [4.78, 5) is 4.57.